The van der Waals surface area contributed by atoms with E-state index in [0.29, 0.717) is 39.3 Å². The highest BCUT2D eigenvalue weighted by Crippen LogP contribution is 1.99. The van der Waals surface area contributed by atoms with Gasteiger partial charge in [0.1, 0.15) is 0 Å². The van der Waals surface area contributed by atoms with Gasteiger partial charge in [-0.3, -0.25) is 4.79 Å². The first kappa shape index (κ1) is 12.0. The van der Waals surface area contributed by atoms with Crippen LogP contribution in [0.4, 0.5) is 0 Å². The smallest absolute Gasteiger partial charge is 0.224 e. The molecule has 0 aliphatic carbocycles. The molecule has 1 aliphatic heterocycles. The van der Waals surface area contributed by atoms with Crippen molar-refractivity contribution < 1.29 is 9.53 Å². The van der Waals surface area contributed by atoms with Crippen LogP contribution in [0.15, 0.2) is 0 Å². The minimum absolute atomic E-state index is 0.0301. The summed E-state index contributed by atoms with van der Waals surface area (Å²) in [6.07, 6.45) is 5.71. The molecule has 4 heteroatoms. The topological polar surface area (TPSA) is 41.6 Å². The third kappa shape index (κ3) is 4.32. The molecule has 1 heterocycles. The summed E-state index contributed by atoms with van der Waals surface area (Å²) in [7, 11) is 0. The minimum atomic E-state index is 0.0301. The van der Waals surface area contributed by atoms with Crippen LogP contribution in [-0.2, 0) is 9.53 Å². The number of carbonyl (C=O) groups excluding carboxylic acids is 1. The number of nitrogens with one attached hydrogen (secondary N) is 1. The van der Waals surface area contributed by atoms with Gasteiger partial charge >= 0.3 is 0 Å². The lowest BCUT2D eigenvalue weighted by atomic mass is 10.3. The second kappa shape index (κ2) is 6.44. The molecule has 1 fully saturated rings. The molecule has 0 aromatic rings. The summed E-state index contributed by atoms with van der Waals surface area (Å²) in [5.41, 5.74) is 0. The molecule has 0 aromatic carbocycles. The Kier molecular flexibility index (Phi) is 5.16. The van der Waals surface area contributed by atoms with Crippen LogP contribution < -0.4 is 5.32 Å². The summed E-state index contributed by atoms with van der Waals surface area (Å²) < 4.78 is 5.17. The summed E-state index contributed by atoms with van der Waals surface area (Å²) in [5.74, 6) is 2.74. The predicted molar refractivity (Wildman–Crippen MR) is 58.3 cm³/mol. The van der Waals surface area contributed by atoms with Crippen LogP contribution in [0, 0.1) is 12.3 Å². The third-order valence-electron chi connectivity index (χ3n) is 2.40. The lowest BCUT2D eigenvalue weighted by Crippen LogP contribution is -2.42. The fourth-order valence-electron chi connectivity index (χ4n) is 1.43. The van der Waals surface area contributed by atoms with Crippen molar-refractivity contribution in [1.29, 1.82) is 0 Å². The Morgan fingerprint density at radius 1 is 1.60 bits per heavy atom. The van der Waals surface area contributed by atoms with Gasteiger partial charge in [-0.25, -0.2) is 0 Å². The van der Waals surface area contributed by atoms with Crippen molar-refractivity contribution in [3.63, 3.8) is 0 Å². The fraction of sp³-hybridized carbons (Fsp3) is 0.727. The summed E-state index contributed by atoms with van der Waals surface area (Å²) in [6, 6.07) is 0.0301. The molecule has 4 nitrogen and oxygen atoms in total. The summed E-state index contributed by atoms with van der Waals surface area (Å²) >= 11 is 0. The lowest BCUT2D eigenvalue weighted by Gasteiger charge is -2.27. The van der Waals surface area contributed by atoms with Crippen molar-refractivity contribution in [2.45, 2.75) is 19.4 Å². The Hall–Kier alpha value is -1.05. The average Bonchev–Trinajstić information content (AvgIpc) is 2.29. The molecular formula is C11H18N2O2. The van der Waals surface area contributed by atoms with Gasteiger partial charge in [0.15, 0.2) is 0 Å². The van der Waals surface area contributed by atoms with E-state index in [2.05, 4.69) is 11.2 Å². The number of nitrogens with zero attached hydrogens (tertiary/aromatic N) is 1. The Morgan fingerprint density at radius 2 is 2.27 bits per heavy atom. The van der Waals surface area contributed by atoms with E-state index in [1.165, 1.54) is 0 Å². The van der Waals surface area contributed by atoms with Gasteiger partial charge in [0.2, 0.25) is 5.91 Å². The maximum absolute atomic E-state index is 11.6. The third-order valence-corrected chi connectivity index (χ3v) is 2.40. The van der Waals surface area contributed by atoms with Crippen molar-refractivity contribution in [3.05, 3.63) is 0 Å². The average molecular weight is 210 g/mol. The van der Waals surface area contributed by atoms with E-state index in [1.54, 1.807) is 0 Å². The largest absolute Gasteiger partial charge is 0.378 e. The molecular weight excluding hydrogens is 192 g/mol. The summed E-state index contributed by atoms with van der Waals surface area (Å²) in [6.45, 7) is 5.27. The minimum Gasteiger partial charge on any atom is -0.378 e. The van der Waals surface area contributed by atoms with Crippen molar-refractivity contribution in [2.75, 3.05) is 32.8 Å². The van der Waals surface area contributed by atoms with Crippen LogP contribution >= 0.6 is 0 Å². The van der Waals surface area contributed by atoms with E-state index < -0.39 is 0 Å². The monoisotopic (exact) mass is 210 g/mol. The number of ether oxygens (including phenoxy) is 1. The highest BCUT2D eigenvalue weighted by molar-refractivity contribution is 5.76. The van der Waals surface area contributed by atoms with Gasteiger partial charge in [0, 0.05) is 26.1 Å². The van der Waals surface area contributed by atoms with Crippen LogP contribution in [0.5, 0.6) is 0 Å². The molecule has 1 unspecified atom stereocenters. The molecule has 1 aliphatic rings. The van der Waals surface area contributed by atoms with Crippen molar-refractivity contribution >= 4 is 5.91 Å². The van der Waals surface area contributed by atoms with Crippen LogP contribution in [0.3, 0.4) is 0 Å². The standard InChI is InChI=1S/C11H18N2O2/c1-3-10(2)12-5-4-11(14)13-6-8-15-9-7-13/h1,10,12H,4-9H2,2H3. The SMILES string of the molecule is C#CC(C)NCCC(=O)N1CCOCC1. The van der Waals surface area contributed by atoms with E-state index in [4.69, 9.17) is 11.2 Å². The maximum Gasteiger partial charge on any atom is 0.224 e. The number of carbonyl (C=O) groups is 1. The van der Waals surface area contributed by atoms with Crippen LogP contribution in [-0.4, -0.2) is 49.7 Å². The Labute approximate surface area is 91.0 Å². The molecule has 1 amide bonds. The number of hydrogen-bond acceptors (Lipinski definition) is 3. The first-order valence-electron chi connectivity index (χ1n) is 5.29. The van der Waals surface area contributed by atoms with Gasteiger partial charge < -0.3 is 15.0 Å². The Bertz CT molecular complexity index is 241. The van der Waals surface area contributed by atoms with Crippen LogP contribution in [0.1, 0.15) is 13.3 Å². The van der Waals surface area contributed by atoms with Gasteiger partial charge in [-0.1, -0.05) is 5.92 Å². The molecule has 0 radical (unpaired) electrons. The van der Waals surface area contributed by atoms with Crippen LogP contribution in [0.25, 0.3) is 0 Å². The Balaban J connectivity index is 2.15. The van der Waals surface area contributed by atoms with Gasteiger partial charge in [0.05, 0.1) is 19.3 Å². The Morgan fingerprint density at radius 3 is 2.87 bits per heavy atom. The molecule has 1 atom stereocenters. The quantitative estimate of drug-likeness (QED) is 0.656. The molecule has 0 bridgehead atoms. The van der Waals surface area contributed by atoms with Gasteiger partial charge in [-0.15, -0.1) is 6.42 Å². The van der Waals surface area contributed by atoms with Gasteiger partial charge in [-0.05, 0) is 6.92 Å². The van der Waals surface area contributed by atoms with Gasteiger partial charge in [-0.2, -0.15) is 0 Å². The molecule has 0 saturated carbocycles. The van der Waals surface area contributed by atoms with Gasteiger partial charge in [0.25, 0.3) is 0 Å². The molecule has 1 N–H and O–H groups in total. The number of terminal acetylenes is 1. The molecule has 0 spiro atoms. The zero-order valence-corrected chi connectivity index (χ0v) is 9.16. The fourth-order valence-corrected chi connectivity index (χ4v) is 1.43. The zero-order chi connectivity index (χ0) is 11.1. The van der Waals surface area contributed by atoms with E-state index >= 15 is 0 Å². The van der Waals surface area contributed by atoms with Crippen molar-refractivity contribution in [2.24, 2.45) is 0 Å². The second-order valence-corrected chi connectivity index (χ2v) is 3.59. The molecule has 1 saturated heterocycles. The van der Waals surface area contributed by atoms with E-state index in [9.17, 15) is 4.79 Å². The van der Waals surface area contributed by atoms with E-state index in [-0.39, 0.29) is 11.9 Å². The molecule has 15 heavy (non-hydrogen) atoms. The number of rotatable bonds is 4. The molecule has 84 valence electrons. The number of morpholine rings is 1. The molecule has 1 rings (SSSR count). The van der Waals surface area contributed by atoms with E-state index in [1.807, 2.05) is 11.8 Å². The van der Waals surface area contributed by atoms with E-state index in [0.717, 1.165) is 0 Å². The normalized spacial score (nSPS) is 18.3. The lowest BCUT2D eigenvalue weighted by molar-refractivity contribution is -0.135. The first-order chi connectivity index (χ1) is 7.24. The molecule has 0 aromatic heterocycles. The number of hydrogen-bond donors (Lipinski definition) is 1. The highest BCUT2D eigenvalue weighted by Gasteiger charge is 2.15. The first-order valence-corrected chi connectivity index (χ1v) is 5.29. The predicted octanol–water partition coefficient (Wildman–Crippen LogP) is -0.153. The summed E-state index contributed by atoms with van der Waals surface area (Å²) in [4.78, 5) is 13.5. The maximum atomic E-state index is 11.6. The summed E-state index contributed by atoms with van der Waals surface area (Å²) in [5, 5.41) is 3.09. The van der Waals surface area contributed by atoms with Crippen molar-refractivity contribution in [1.82, 2.24) is 10.2 Å². The van der Waals surface area contributed by atoms with Crippen molar-refractivity contribution in [3.8, 4) is 12.3 Å². The van der Waals surface area contributed by atoms with Crippen LogP contribution in [0.2, 0.25) is 0 Å². The number of amides is 1. The zero-order valence-electron chi connectivity index (χ0n) is 9.16. The second-order valence-electron chi connectivity index (χ2n) is 3.59. The highest BCUT2D eigenvalue weighted by atomic mass is 16.5.